The third-order valence-corrected chi connectivity index (χ3v) is 24.6. The van der Waals surface area contributed by atoms with Gasteiger partial charge in [-0.1, -0.05) is 41.5 Å². The largest absolute Gasteiger partial charge is 0.396 e. The molecule has 27 nitrogen and oxygen atoms in total. The van der Waals surface area contributed by atoms with Gasteiger partial charge in [-0.3, -0.25) is 56.9 Å². The Morgan fingerprint density at radius 2 is 0.672 bits per heavy atom. The molecular formula is C86H139Cl3N18O9. The van der Waals surface area contributed by atoms with E-state index in [1.165, 1.54) is 0 Å². The smallest absolute Gasteiger partial charge is 0.257 e. The number of aliphatic hydroxyl groups excluding tert-OH is 3. The summed E-state index contributed by atoms with van der Waals surface area (Å²) in [6.07, 6.45) is 26.4. The van der Waals surface area contributed by atoms with E-state index in [0.717, 1.165) is 228 Å². The van der Waals surface area contributed by atoms with Crippen molar-refractivity contribution in [3.63, 3.8) is 0 Å². The molecule has 6 amide bonds. The number of carbonyl (C=O) groups excluding carboxylic acids is 6. The lowest BCUT2D eigenvalue weighted by Gasteiger charge is -2.36. The van der Waals surface area contributed by atoms with Crippen LogP contribution in [-0.2, 0) is 46.1 Å². The van der Waals surface area contributed by atoms with E-state index in [2.05, 4.69) is 86.0 Å². The Labute approximate surface area is 705 Å². The molecule has 6 fully saturated rings. The van der Waals surface area contributed by atoms with E-state index in [1.807, 2.05) is 130 Å². The van der Waals surface area contributed by atoms with Gasteiger partial charge >= 0.3 is 0 Å². The van der Waals surface area contributed by atoms with Crippen molar-refractivity contribution in [2.75, 3.05) is 76.7 Å². The average Bonchev–Trinajstić information content (AvgIpc) is 1.65. The van der Waals surface area contributed by atoms with Gasteiger partial charge in [0.2, 0.25) is 0 Å². The van der Waals surface area contributed by atoms with Gasteiger partial charge in [-0.2, -0.15) is 30.6 Å². The molecule has 12 rings (SSSR count). The maximum Gasteiger partial charge on any atom is 0.257 e. The van der Waals surface area contributed by atoms with Gasteiger partial charge in [-0.15, -0.1) is 34.8 Å². The molecule has 6 aromatic rings. The van der Waals surface area contributed by atoms with Crippen molar-refractivity contribution in [2.24, 2.45) is 35.2 Å². The molecule has 6 aromatic heterocycles. The number of rotatable bonds is 18. The first-order valence-electron chi connectivity index (χ1n) is 42.4. The molecule has 0 saturated carbocycles. The second kappa shape index (κ2) is 44.2. The predicted octanol–water partition coefficient (Wildman–Crippen LogP) is 13.2. The number of aliphatic hydroxyl groups is 3. The Kier molecular flexibility index (Phi) is 36.6. The highest BCUT2D eigenvalue weighted by Crippen LogP contribution is 2.34. The molecule has 648 valence electrons. The number of aryl methyl sites for hydroxylation is 9. The van der Waals surface area contributed by atoms with Crippen LogP contribution in [0.5, 0.6) is 0 Å². The van der Waals surface area contributed by atoms with Gasteiger partial charge < -0.3 is 44.7 Å². The summed E-state index contributed by atoms with van der Waals surface area (Å²) in [6, 6.07) is 1.42. The predicted molar refractivity (Wildman–Crippen MR) is 459 cm³/mol. The molecule has 6 unspecified atom stereocenters. The molecule has 0 bridgehead atoms. The third kappa shape index (κ3) is 24.3. The zero-order valence-electron chi connectivity index (χ0n) is 73.6. The number of carbonyl (C=O) groups is 6. The second-order valence-corrected chi connectivity index (χ2v) is 35.7. The van der Waals surface area contributed by atoms with E-state index in [0.29, 0.717) is 54.1 Å². The highest BCUT2D eigenvalue weighted by molar-refractivity contribution is 6.19. The Balaban J connectivity index is 0.000000193. The maximum absolute atomic E-state index is 13.2. The molecule has 6 atom stereocenters. The first kappa shape index (κ1) is 96.0. The lowest BCUT2D eigenvalue weighted by molar-refractivity contribution is 0.0563. The third-order valence-electron chi connectivity index (χ3n) is 23.6. The van der Waals surface area contributed by atoms with Crippen LogP contribution in [0, 0.1) is 48.5 Å². The van der Waals surface area contributed by atoms with E-state index in [4.69, 9.17) is 39.9 Å². The molecule has 6 saturated heterocycles. The van der Waals surface area contributed by atoms with Crippen molar-refractivity contribution in [1.29, 1.82) is 0 Å². The summed E-state index contributed by atoms with van der Waals surface area (Å²) in [4.78, 5) is 88.1. The Hall–Kier alpha value is -7.17. The van der Waals surface area contributed by atoms with Crippen LogP contribution in [0.25, 0.3) is 0 Å². The summed E-state index contributed by atoms with van der Waals surface area (Å²) in [6.45, 7) is 35.2. The zero-order valence-corrected chi connectivity index (χ0v) is 75.9. The van der Waals surface area contributed by atoms with Crippen LogP contribution < -0.4 is 0 Å². The summed E-state index contributed by atoms with van der Waals surface area (Å²) in [5.41, 5.74) is 11.8. The molecule has 0 spiro atoms. The number of hydrogen-bond acceptors (Lipinski definition) is 15. The summed E-state index contributed by atoms with van der Waals surface area (Å²) in [5, 5.41) is 53.9. The molecule has 116 heavy (non-hydrogen) atoms. The van der Waals surface area contributed by atoms with E-state index < -0.39 is 0 Å². The first-order valence-corrected chi connectivity index (χ1v) is 44.0. The molecule has 6 aliphatic heterocycles. The van der Waals surface area contributed by atoms with Crippen LogP contribution in [0.3, 0.4) is 0 Å². The fraction of sp³-hybridized carbons (Fsp3) is 0.721. The number of piperidine rings is 4. The monoisotopic (exact) mass is 1670 g/mol. The van der Waals surface area contributed by atoms with Crippen molar-refractivity contribution < 1.29 is 44.1 Å². The number of aromatic nitrogens is 12. The minimum Gasteiger partial charge on any atom is -0.396 e. The van der Waals surface area contributed by atoms with Gasteiger partial charge in [0, 0.05) is 201 Å². The fourth-order valence-electron chi connectivity index (χ4n) is 17.1. The number of halogens is 3. The molecule has 0 aromatic carbocycles. The quantitative estimate of drug-likeness (QED) is 0.0674. The summed E-state index contributed by atoms with van der Waals surface area (Å²) >= 11 is 17.6. The molecule has 12 heterocycles. The highest BCUT2D eigenvalue weighted by atomic mass is 35.5. The number of likely N-dealkylation sites (tertiary alicyclic amines) is 6. The van der Waals surface area contributed by atoms with Crippen molar-refractivity contribution in [1.82, 2.24) is 88.1 Å². The average molecular weight is 1680 g/mol. The maximum atomic E-state index is 13.2. The van der Waals surface area contributed by atoms with Crippen LogP contribution in [-0.4, -0.2) is 252 Å². The van der Waals surface area contributed by atoms with E-state index in [-0.39, 0.29) is 102 Å². The normalized spacial score (nSPS) is 19.8. The van der Waals surface area contributed by atoms with E-state index in [9.17, 15) is 39.0 Å². The molecule has 6 aliphatic rings. The zero-order chi connectivity index (χ0) is 85.8. The van der Waals surface area contributed by atoms with Gasteiger partial charge in [-0.05, 0) is 197 Å². The van der Waals surface area contributed by atoms with Crippen molar-refractivity contribution >= 4 is 70.2 Å². The first-order chi connectivity index (χ1) is 54.9. The highest BCUT2D eigenvalue weighted by Gasteiger charge is 2.39. The fourth-order valence-corrected chi connectivity index (χ4v) is 17.9. The second-order valence-electron chi connectivity index (χ2n) is 34.7. The Morgan fingerprint density at radius 1 is 0.379 bits per heavy atom. The van der Waals surface area contributed by atoms with Gasteiger partial charge in [0.15, 0.2) is 0 Å². The summed E-state index contributed by atoms with van der Waals surface area (Å²) in [5.74, 6) is 2.20. The van der Waals surface area contributed by atoms with Crippen molar-refractivity contribution in [2.45, 2.75) is 292 Å². The number of amides is 6. The van der Waals surface area contributed by atoms with Gasteiger partial charge in [0.1, 0.15) is 0 Å². The van der Waals surface area contributed by atoms with Gasteiger partial charge in [0.25, 0.3) is 35.4 Å². The summed E-state index contributed by atoms with van der Waals surface area (Å²) in [7, 11) is 9.29. The van der Waals surface area contributed by atoms with Crippen LogP contribution in [0.1, 0.15) is 310 Å². The molecule has 30 heteroatoms. The molecule has 3 N–H and O–H groups in total. The molecular weight excluding hydrogens is 1540 g/mol. The molecule has 0 aliphatic carbocycles. The molecule has 0 radical (unpaired) electrons. The Bertz CT molecular complexity index is 4190. The van der Waals surface area contributed by atoms with Crippen LogP contribution in [0.2, 0.25) is 0 Å². The number of nitrogens with zero attached hydrogens (tertiary/aromatic N) is 18. The van der Waals surface area contributed by atoms with Crippen LogP contribution in [0.15, 0.2) is 18.6 Å². The van der Waals surface area contributed by atoms with E-state index >= 15 is 0 Å². The van der Waals surface area contributed by atoms with E-state index in [1.54, 1.807) is 29.6 Å². The van der Waals surface area contributed by atoms with Gasteiger partial charge in [0.05, 0.1) is 67.5 Å². The lowest BCUT2D eigenvalue weighted by Crippen LogP contribution is -2.45. The topological polar surface area (TPSA) is 289 Å². The minimum atomic E-state index is -0.173. The lowest BCUT2D eigenvalue weighted by atomic mass is 9.88. The number of alkyl halides is 3. The number of hydrogen-bond donors (Lipinski definition) is 3. The van der Waals surface area contributed by atoms with Crippen molar-refractivity contribution in [3.8, 4) is 0 Å². The summed E-state index contributed by atoms with van der Waals surface area (Å²) < 4.78 is 10.6. The standard InChI is InChI=1S/C18H31N3O2.C16H27N3O2.C14H22ClN3O.C13H20ClN3O.C13H21N3O2.C12H18ClN3O/c1-13(2)21-12-15(16(19-21)18(3,4)5)17(23)20-10-7-6-8-14(20)9-11-22;1-16(2,3)14-13(11-18(4)17-14)15(21)19-9-6-5-7-12(19)8-10-20;1-10-13(11(2)17(3)16-10)14(19)18-9-5-7-12(18)6-4-8-15;1-9-12(10(2)16(3)15-9)13(18)17-7-5-4-6-11(17)8-14;1-10-12(9-15(2)14-10)13(18)16-7-4-3-5-11(16)6-8-17;1-8-11(9(2)15(3)14-8)12(17)16-6-4-5-10(16)7-13/h12-14,22H,6-11H2,1-5H3;11-12,20H,5-10H2,1-4H3;12H,4-9H2,1-3H3;11H,4-8H2,1-3H3;9,11,17H,3-8H2,1-2H3;10H,4-7H2,1-3H3. The van der Waals surface area contributed by atoms with Crippen LogP contribution in [0.4, 0.5) is 0 Å². The Morgan fingerprint density at radius 3 is 0.991 bits per heavy atom. The van der Waals surface area contributed by atoms with Crippen molar-refractivity contribution in [3.05, 3.63) is 103 Å². The van der Waals surface area contributed by atoms with Gasteiger partial charge in [-0.25, -0.2) is 0 Å². The SMILES string of the molecule is CC(C)n1cc(C(=O)N2CCCCC2CCO)c(C(C)(C)C)n1.Cc1nn(C)c(C)c1C(=O)N1CCCC1CCCCl.Cc1nn(C)c(C)c1C(=O)N1CCCC1CCl.Cc1nn(C)c(C)c1C(=O)N1CCCCC1CCl.Cc1nn(C)cc1C(=O)N1CCCCC1CCO.Cn1cc(C(=O)N2CCCCC2CCO)c(C(C)(C)C)n1. The van der Waals surface area contributed by atoms with Crippen LogP contribution >= 0.6 is 34.8 Å². The minimum absolute atomic E-state index is 0.0544.